The van der Waals surface area contributed by atoms with E-state index in [2.05, 4.69) is 5.32 Å². The third-order valence-electron chi connectivity index (χ3n) is 5.70. The molecule has 1 aliphatic heterocycles. The SMILES string of the molecule is COc1cc2c(cc1OC)CN(C(=O)CCNC1CCCCCC1)CC2. The van der Waals surface area contributed by atoms with E-state index in [0.717, 1.165) is 31.0 Å². The summed E-state index contributed by atoms with van der Waals surface area (Å²) < 4.78 is 10.8. The first-order valence-electron chi connectivity index (χ1n) is 9.96. The van der Waals surface area contributed by atoms with Crippen molar-refractivity contribution in [1.29, 1.82) is 0 Å². The number of fused-ring (bicyclic) bond motifs is 1. The maximum Gasteiger partial charge on any atom is 0.224 e. The van der Waals surface area contributed by atoms with E-state index < -0.39 is 0 Å². The normalized spacial score (nSPS) is 18.2. The van der Waals surface area contributed by atoms with Crippen LogP contribution in [-0.2, 0) is 17.8 Å². The molecule has 1 fully saturated rings. The van der Waals surface area contributed by atoms with Crippen LogP contribution in [0, 0.1) is 0 Å². The van der Waals surface area contributed by atoms with E-state index in [-0.39, 0.29) is 5.91 Å². The largest absolute Gasteiger partial charge is 0.493 e. The molecule has 1 N–H and O–H groups in total. The third-order valence-corrected chi connectivity index (χ3v) is 5.70. The monoisotopic (exact) mass is 360 g/mol. The van der Waals surface area contributed by atoms with Gasteiger partial charge in [-0.2, -0.15) is 0 Å². The summed E-state index contributed by atoms with van der Waals surface area (Å²) in [6.45, 7) is 2.24. The van der Waals surface area contributed by atoms with Gasteiger partial charge in [0.15, 0.2) is 11.5 Å². The van der Waals surface area contributed by atoms with Crippen molar-refractivity contribution < 1.29 is 14.3 Å². The maximum absolute atomic E-state index is 12.6. The molecule has 1 saturated carbocycles. The van der Waals surface area contributed by atoms with Gasteiger partial charge in [-0.3, -0.25) is 4.79 Å². The van der Waals surface area contributed by atoms with Crippen molar-refractivity contribution in [2.24, 2.45) is 0 Å². The summed E-state index contributed by atoms with van der Waals surface area (Å²) >= 11 is 0. The summed E-state index contributed by atoms with van der Waals surface area (Å²) in [4.78, 5) is 14.6. The van der Waals surface area contributed by atoms with Gasteiger partial charge in [0.1, 0.15) is 0 Å². The van der Waals surface area contributed by atoms with Gasteiger partial charge in [0.2, 0.25) is 5.91 Å². The first-order valence-corrected chi connectivity index (χ1v) is 9.96. The number of ether oxygens (including phenoxy) is 2. The van der Waals surface area contributed by atoms with Crippen molar-refractivity contribution in [3.63, 3.8) is 0 Å². The highest BCUT2D eigenvalue weighted by molar-refractivity contribution is 5.76. The van der Waals surface area contributed by atoms with E-state index in [1.54, 1.807) is 14.2 Å². The second-order valence-electron chi connectivity index (χ2n) is 7.43. The molecule has 1 aromatic carbocycles. The van der Waals surface area contributed by atoms with Crippen molar-refractivity contribution in [3.8, 4) is 11.5 Å². The van der Waals surface area contributed by atoms with Gasteiger partial charge < -0.3 is 19.7 Å². The number of nitrogens with one attached hydrogen (secondary N) is 1. The van der Waals surface area contributed by atoms with Crippen LogP contribution in [0.4, 0.5) is 0 Å². The lowest BCUT2D eigenvalue weighted by Gasteiger charge is -2.30. The number of hydrogen-bond acceptors (Lipinski definition) is 4. The number of nitrogens with zero attached hydrogens (tertiary/aromatic N) is 1. The maximum atomic E-state index is 12.6. The Morgan fingerprint density at radius 1 is 1.08 bits per heavy atom. The van der Waals surface area contributed by atoms with Gasteiger partial charge in [-0.1, -0.05) is 25.7 Å². The van der Waals surface area contributed by atoms with Gasteiger partial charge in [-0.15, -0.1) is 0 Å². The predicted molar refractivity (Wildman–Crippen MR) is 103 cm³/mol. The Morgan fingerprint density at radius 2 is 1.73 bits per heavy atom. The fourth-order valence-electron chi connectivity index (χ4n) is 4.12. The highest BCUT2D eigenvalue weighted by atomic mass is 16.5. The van der Waals surface area contributed by atoms with Crippen molar-refractivity contribution >= 4 is 5.91 Å². The molecule has 1 heterocycles. The standard InChI is InChI=1S/C21H32N2O3/c1-25-19-13-16-10-12-23(15-17(16)14-20(19)26-2)21(24)9-11-22-18-7-5-3-4-6-8-18/h13-14,18,22H,3-12,15H2,1-2H3. The highest BCUT2D eigenvalue weighted by Crippen LogP contribution is 2.33. The molecular weight excluding hydrogens is 328 g/mol. The Bertz CT molecular complexity index is 610. The molecule has 2 aliphatic rings. The quantitative estimate of drug-likeness (QED) is 0.791. The minimum atomic E-state index is 0.242. The zero-order valence-electron chi connectivity index (χ0n) is 16.2. The van der Waals surface area contributed by atoms with E-state index >= 15 is 0 Å². The highest BCUT2D eigenvalue weighted by Gasteiger charge is 2.23. The molecule has 0 radical (unpaired) electrons. The first kappa shape index (κ1) is 19.0. The molecule has 3 rings (SSSR count). The number of carbonyl (C=O) groups is 1. The number of benzene rings is 1. The molecule has 0 spiro atoms. The number of methoxy groups -OCH3 is 2. The van der Waals surface area contributed by atoms with Gasteiger partial charge in [0, 0.05) is 32.1 Å². The molecule has 144 valence electrons. The van der Waals surface area contributed by atoms with E-state index in [1.807, 2.05) is 17.0 Å². The predicted octanol–water partition coefficient (Wildman–Crippen LogP) is 3.29. The number of rotatable bonds is 6. The number of amides is 1. The van der Waals surface area contributed by atoms with E-state index in [0.29, 0.717) is 19.0 Å². The van der Waals surface area contributed by atoms with Gasteiger partial charge in [-0.25, -0.2) is 0 Å². The second kappa shape index (κ2) is 9.26. The molecule has 1 amide bonds. The summed E-state index contributed by atoms with van der Waals surface area (Å²) in [5.41, 5.74) is 2.42. The molecule has 26 heavy (non-hydrogen) atoms. The minimum Gasteiger partial charge on any atom is -0.493 e. The Kier molecular flexibility index (Phi) is 6.78. The second-order valence-corrected chi connectivity index (χ2v) is 7.43. The van der Waals surface area contributed by atoms with Crippen molar-refractivity contribution in [2.75, 3.05) is 27.3 Å². The van der Waals surface area contributed by atoms with Gasteiger partial charge in [0.25, 0.3) is 0 Å². The Hall–Kier alpha value is -1.75. The molecule has 1 aromatic rings. The summed E-state index contributed by atoms with van der Waals surface area (Å²) in [6, 6.07) is 4.66. The zero-order chi connectivity index (χ0) is 18.4. The van der Waals surface area contributed by atoms with Crippen LogP contribution in [0.3, 0.4) is 0 Å². The average molecular weight is 360 g/mol. The lowest BCUT2D eigenvalue weighted by molar-refractivity contribution is -0.132. The lowest BCUT2D eigenvalue weighted by atomic mass is 9.98. The van der Waals surface area contributed by atoms with E-state index in [4.69, 9.17) is 9.47 Å². The van der Waals surface area contributed by atoms with Gasteiger partial charge in [-0.05, 0) is 42.5 Å². The summed E-state index contributed by atoms with van der Waals surface area (Å²) in [6.07, 6.45) is 9.33. The molecule has 5 heteroatoms. The van der Waals surface area contributed by atoms with Crippen LogP contribution >= 0.6 is 0 Å². The van der Waals surface area contributed by atoms with Gasteiger partial charge in [0.05, 0.1) is 14.2 Å². The first-order chi connectivity index (χ1) is 12.7. The Labute approximate surface area is 157 Å². The minimum absolute atomic E-state index is 0.242. The smallest absolute Gasteiger partial charge is 0.224 e. The molecule has 5 nitrogen and oxygen atoms in total. The van der Waals surface area contributed by atoms with Gasteiger partial charge >= 0.3 is 0 Å². The fraction of sp³-hybridized carbons (Fsp3) is 0.667. The summed E-state index contributed by atoms with van der Waals surface area (Å²) in [7, 11) is 3.30. The summed E-state index contributed by atoms with van der Waals surface area (Å²) in [5, 5.41) is 3.60. The Morgan fingerprint density at radius 3 is 2.38 bits per heavy atom. The number of hydrogen-bond donors (Lipinski definition) is 1. The topological polar surface area (TPSA) is 50.8 Å². The van der Waals surface area contributed by atoms with Crippen LogP contribution in [0.25, 0.3) is 0 Å². The number of carbonyl (C=O) groups excluding carboxylic acids is 1. The van der Waals surface area contributed by atoms with Crippen LogP contribution in [-0.4, -0.2) is 44.2 Å². The Balaban J connectivity index is 1.52. The molecule has 0 bridgehead atoms. The molecule has 0 unspecified atom stereocenters. The lowest BCUT2D eigenvalue weighted by Crippen LogP contribution is -2.38. The van der Waals surface area contributed by atoms with Crippen LogP contribution in [0.2, 0.25) is 0 Å². The average Bonchev–Trinajstić information content (AvgIpc) is 2.95. The van der Waals surface area contributed by atoms with Crippen LogP contribution in [0.5, 0.6) is 11.5 Å². The third kappa shape index (κ3) is 4.70. The fourth-order valence-corrected chi connectivity index (χ4v) is 4.12. The molecule has 0 saturated heterocycles. The van der Waals surface area contributed by atoms with E-state index in [9.17, 15) is 4.79 Å². The molecule has 0 atom stereocenters. The van der Waals surface area contributed by atoms with Crippen LogP contribution < -0.4 is 14.8 Å². The summed E-state index contributed by atoms with van der Waals surface area (Å²) in [5.74, 6) is 1.74. The molecule has 0 aromatic heterocycles. The van der Waals surface area contributed by atoms with Crippen molar-refractivity contribution in [1.82, 2.24) is 10.2 Å². The van der Waals surface area contributed by atoms with Crippen LogP contribution in [0.1, 0.15) is 56.1 Å². The van der Waals surface area contributed by atoms with E-state index in [1.165, 1.54) is 49.7 Å². The van der Waals surface area contributed by atoms with Crippen molar-refractivity contribution in [2.45, 2.75) is 64.0 Å². The molecule has 1 aliphatic carbocycles. The van der Waals surface area contributed by atoms with Crippen molar-refractivity contribution in [3.05, 3.63) is 23.3 Å². The molecular formula is C21H32N2O3. The van der Waals surface area contributed by atoms with Crippen LogP contribution in [0.15, 0.2) is 12.1 Å². The zero-order valence-corrected chi connectivity index (χ0v) is 16.2.